The summed E-state index contributed by atoms with van der Waals surface area (Å²) in [6.45, 7) is 0. The Balaban J connectivity index is 1.44. The number of allylic oxidation sites excluding steroid dienone is 10. The molecule has 0 saturated heterocycles. The van der Waals surface area contributed by atoms with E-state index in [1.165, 1.54) is 0 Å². The number of nitrogens with one attached hydrogen (secondary N) is 4. The van der Waals surface area contributed by atoms with Gasteiger partial charge in [0.25, 0.3) is 0 Å². The number of hydrogen-bond donors (Lipinski definition) is 6. The SMILES string of the molecule is O=C1C=CC=CC1=C1c2ccc([nH]2)C(=C2C=CC=CC2=O)c2ccc([nH]2)C(c2ccccc2O)=c2ccc([nH]2)=C(c2ccccc2O)c2ccc1[nH]2. The summed E-state index contributed by atoms with van der Waals surface area (Å²) >= 11 is 0. The normalized spacial score (nSPS) is 18.2. The zero-order valence-electron chi connectivity index (χ0n) is 27.6. The van der Waals surface area contributed by atoms with Gasteiger partial charge in [-0.2, -0.15) is 0 Å². The first-order valence-corrected chi connectivity index (χ1v) is 16.8. The molecule has 5 heterocycles. The summed E-state index contributed by atoms with van der Waals surface area (Å²) < 4.78 is 0. The molecule has 6 N–H and O–H groups in total. The molecule has 2 aromatic carbocycles. The lowest BCUT2D eigenvalue weighted by atomic mass is 9.95. The van der Waals surface area contributed by atoms with Crippen molar-refractivity contribution in [3.63, 3.8) is 0 Å². The number of phenols is 2. The van der Waals surface area contributed by atoms with Crippen LogP contribution in [0.25, 0.3) is 22.3 Å². The van der Waals surface area contributed by atoms with Crippen LogP contribution >= 0.6 is 0 Å². The second-order valence-electron chi connectivity index (χ2n) is 12.7. The maximum atomic E-state index is 13.4. The third-order valence-corrected chi connectivity index (χ3v) is 9.56. The summed E-state index contributed by atoms with van der Waals surface area (Å²) in [6.07, 6.45) is 13.8. The first kappa shape index (κ1) is 30.7. The van der Waals surface area contributed by atoms with Gasteiger partial charge in [-0.05, 0) is 72.8 Å². The Morgan fingerprint density at radius 2 is 0.712 bits per heavy atom. The Bertz CT molecular complexity index is 2610. The predicted octanol–water partition coefficient (Wildman–Crippen LogP) is 6.21. The molecule has 0 fully saturated rings. The van der Waals surface area contributed by atoms with E-state index in [-0.39, 0.29) is 23.1 Å². The summed E-state index contributed by atoms with van der Waals surface area (Å²) in [7, 11) is 0. The van der Waals surface area contributed by atoms with Gasteiger partial charge in [-0.15, -0.1) is 0 Å². The molecule has 4 aromatic heterocycles. The largest absolute Gasteiger partial charge is 0.507 e. The van der Waals surface area contributed by atoms with Crippen molar-refractivity contribution >= 4 is 33.9 Å². The van der Waals surface area contributed by atoms with Crippen LogP contribution in [-0.2, 0) is 9.59 Å². The highest BCUT2D eigenvalue weighted by Crippen LogP contribution is 2.37. The molecule has 1 aliphatic heterocycles. The fourth-order valence-corrected chi connectivity index (χ4v) is 7.20. The number of aromatic hydroxyl groups is 2. The lowest BCUT2D eigenvalue weighted by molar-refractivity contribution is -0.111. The zero-order valence-corrected chi connectivity index (χ0v) is 27.6. The third-order valence-electron chi connectivity index (χ3n) is 9.56. The number of fused-ring (bicyclic) bond motifs is 8. The van der Waals surface area contributed by atoms with E-state index >= 15 is 0 Å². The Kier molecular flexibility index (Phi) is 7.22. The zero-order chi connectivity index (χ0) is 35.3. The molecule has 6 aromatic rings. The lowest BCUT2D eigenvalue weighted by Gasteiger charge is -2.14. The summed E-state index contributed by atoms with van der Waals surface area (Å²) in [6, 6.07) is 29.7. The summed E-state index contributed by atoms with van der Waals surface area (Å²) in [4.78, 5) is 41.2. The van der Waals surface area contributed by atoms with Gasteiger partial charge in [-0.1, -0.05) is 72.9 Å². The Morgan fingerprint density at radius 3 is 1.08 bits per heavy atom. The van der Waals surface area contributed by atoms with Crippen molar-refractivity contribution in [2.45, 2.75) is 0 Å². The van der Waals surface area contributed by atoms with Crippen LogP contribution in [0.15, 0.2) is 157 Å². The lowest BCUT2D eigenvalue weighted by Crippen LogP contribution is -2.18. The number of H-pyrrole nitrogens is 4. The first-order valence-electron chi connectivity index (χ1n) is 16.8. The van der Waals surface area contributed by atoms with Gasteiger partial charge in [0.05, 0.1) is 0 Å². The van der Waals surface area contributed by atoms with Crippen molar-refractivity contribution in [1.29, 1.82) is 0 Å². The number of phenolic OH excluding ortho intramolecular Hbond substituents is 2. The minimum absolute atomic E-state index is 0.1000. The van der Waals surface area contributed by atoms with Crippen molar-refractivity contribution < 1.29 is 19.8 Å². The van der Waals surface area contributed by atoms with Crippen molar-refractivity contribution in [3.8, 4) is 11.5 Å². The van der Waals surface area contributed by atoms with E-state index in [0.717, 1.165) is 0 Å². The van der Waals surface area contributed by atoms with E-state index in [9.17, 15) is 19.8 Å². The van der Waals surface area contributed by atoms with Crippen molar-refractivity contribution in [3.05, 3.63) is 213 Å². The van der Waals surface area contributed by atoms with E-state index in [1.54, 1.807) is 60.7 Å². The van der Waals surface area contributed by atoms with Gasteiger partial charge >= 0.3 is 0 Å². The van der Waals surface area contributed by atoms with Crippen LogP contribution < -0.4 is 10.7 Å². The number of rotatable bonds is 2. The van der Waals surface area contributed by atoms with Crippen molar-refractivity contribution in [1.82, 2.24) is 19.9 Å². The molecule has 0 saturated carbocycles. The number of hydrogen-bond acceptors (Lipinski definition) is 4. The minimum Gasteiger partial charge on any atom is -0.507 e. The van der Waals surface area contributed by atoms with E-state index in [2.05, 4.69) is 19.9 Å². The maximum Gasteiger partial charge on any atom is 0.186 e. The van der Waals surface area contributed by atoms with Gasteiger partial charge in [0.15, 0.2) is 11.6 Å². The van der Waals surface area contributed by atoms with Gasteiger partial charge in [0.1, 0.15) is 11.5 Å². The minimum atomic E-state index is -0.145. The molecule has 0 unspecified atom stereocenters. The van der Waals surface area contributed by atoms with Crippen LogP contribution in [-0.4, -0.2) is 41.7 Å². The van der Waals surface area contributed by atoms with Gasteiger partial charge in [0.2, 0.25) is 0 Å². The molecular formula is C44H30N4O4. The molecule has 9 rings (SSSR count). The fourth-order valence-electron chi connectivity index (χ4n) is 7.20. The van der Waals surface area contributed by atoms with Crippen molar-refractivity contribution in [2.75, 3.05) is 0 Å². The predicted molar refractivity (Wildman–Crippen MR) is 200 cm³/mol. The molecule has 2 aliphatic carbocycles. The van der Waals surface area contributed by atoms with Gasteiger partial charge in [-0.3, -0.25) is 9.59 Å². The quantitative estimate of drug-likeness (QED) is 0.121. The highest BCUT2D eigenvalue weighted by atomic mass is 16.3. The second kappa shape index (κ2) is 12.2. The smallest absolute Gasteiger partial charge is 0.186 e. The van der Waals surface area contributed by atoms with E-state index in [1.807, 2.05) is 84.9 Å². The van der Waals surface area contributed by atoms with Crippen LogP contribution in [0.3, 0.4) is 0 Å². The Labute approximate surface area is 297 Å². The average molecular weight is 679 g/mol. The molecule has 0 amide bonds. The standard InChI is InChI=1S/C44H30N4O4/c49-37-13-5-1-9-25(37)41-29-17-19-31(45-29)42(26-10-2-6-14-38(26)50)33-21-23-35(47-33)44(28-12-4-8-16-40(28)52)36-24-22-34(48-36)43(32-20-18-30(41)46-32)27-11-3-7-15-39(27)51/h1-24,45-50H. The van der Waals surface area contributed by atoms with Crippen LogP contribution in [0.2, 0.25) is 0 Å². The summed E-state index contributed by atoms with van der Waals surface area (Å²) in [5.74, 6) is -0.0900. The molecule has 8 nitrogen and oxygen atoms in total. The molecule has 8 bridgehead atoms. The summed E-state index contributed by atoms with van der Waals surface area (Å²) in [5, 5.41) is 23.8. The molecule has 0 atom stereocenters. The highest BCUT2D eigenvalue weighted by Gasteiger charge is 2.25. The van der Waals surface area contributed by atoms with Gasteiger partial charge < -0.3 is 30.1 Å². The van der Waals surface area contributed by atoms with Crippen LogP contribution in [0.5, 0.6) is 11.5 Å². The Hall–Kier alpha value is -7.32. The number of aromatic amines is 4. The number of para-hydroxylation sites is 2. The molecule has 52 heavy (non-hydrogen) atoms. The molecule has 8 heteroatoms. The number of ketones is 2. The molecule has 0 radical (unpaired) electrons. The van der Waals surface area contributed by atoms with E-state index in [4.69, 9.17) is 0 Å². The van der Waals surface area contributed by atoms with Gasteiger partial charge in [-0.25, -0.2) is 0 Å². The van der Waals surface area contributed by atoms with Crippen LogP contribution in [0.1, 0.15) is 45.3 Å². The molecular weight excluding hydrogens is 649 g/mol. The van der Waals surface area contributed by atoms with Crippen molar-refractivity contribution in [2.24, 2.45) is 0 Å². The number of aromatic nitrogens is 4. The molecule has 250 valence electrons. The average Bonchev–Trinajstić information content (AvgIpc) is 3.99. The third kappa shape index (κ3) is 5.09. The van der Waals surface area contributed by atoms with Crippen LogP contribution in [0, 0.1) is 0 Å². The van der Waals surface area contributed by atoms with Gasteiger partial charge in [0, 0.05) is 89.4 Å². The number of carbonyl (C=O) groups is 2. The molecule has 0 spiro atoms. The van der Waals surface area contributed by atoms with E-state index in [0.29, 0.717) is 89.4 Å². The Morgan fingerprint density at radius 1 is 0.365 bits per heavy atom. The number of carbonyl (C=O) groups excluding carboxylic acids is 2. The first-order chi connectivity index (χ1) is 25.4. The fraction of sp³-hybridized carbons (Fsp3) is 0. The highest BCUT2D eigenvalue weighted by molar-refractivity contribution is 6.15. The number of benzene rings is 2. The second-order valence-corrected chi connectivity index (χ2v) is 12.7. The monoisotopic (exact) mass is 678 g/mol. The summed E-state index contributed by atoms with van der Waals surface area (Å²) in [5.41, 5.74) is 8.96. The topological polar surface area (TPSA) is 138 Å². The maximum absolute atomic E-state index is 13.4. The molecule has 3 aliphatic rings. The van der Waals surface area contributed by atoms with Crippen LogP contribution in [0.4, 0.5) is 0 Å². The van der Waals surface area contributed by atoms with E-state index < -0.39 is 0 Å².